The smallest absolute Gasteiger partial charge is 0.137 e. The van der Waals surface area contributed by atoms with E-state index in [0.717, 1.165) is 11.6 Å². The second-order valence-electron chi connectivity index (χ2n) is 3.04. The van der Waals surface area contributed by atoms with Gasteiger partial charge in [0.15, 0.2) is 0 Å². The molecule has 0 aliphatic carbocycles. The lowest BCUT2D eigenvalue weighted by atomic mass is 10.2. The van der Waals surface area contributed by atoms with E-state index in [9.17, 15) is 0 Å². The van der Waals surface area contributed by atoms with Crippen molar-refractivity contribution in [2.45, 2.75) is 19.4 Å². The van der Waals surface area contributed by atoms with Gasteiger partial charge in [-0.15, -0.1) is 12.3 Å². The maximum absolute atomic E-state index is 5.20. The average Bonchev–Trinajstić information content (AvgIpc) is 2.19. The molecule has 1 unspecified atom stereocenters. The first kappa shape index (κ1) is 10.4. The highest BCUT2D eigenvalue weighted by molar-refractivity contribution is 5.38. The quantitative estimate of drug-likeness (QED) is 0.736. The summed E-state index contributed by atoms with van der Waals surface area (Å²) in [6.45, 7) is 2.02. The number of methoxy groups -OCH3 is 1. The highest BCUT2D eigenvalue weighted by Gasteiger charge is 2.00. The van der Waals surface area contributed by atoms with Gasteiger partial charge in [-0.05, 0) is 19.1 Å². The number of hydrogen-bond donors (Lipinski definition) is 1. The molecule has 3 nitrogen and oxygen atoms in total. The van der Waals surface area contributed by atoms with E-state index in [4.69, 9.17) is 11.2 Å². The topological polar surface area (TPSA) is 34.1 Å². The molecule has 0 aliphatic heterocycles. The fraction of sp³-hybridized carbons (Fsp3) is 0.364. The standard InChI is InChI=1S/C11H14N2O/c1-4-5-9(2)13-11-7-6-10(14-3)8-12-11/h1,6-9H,5H2,2-3H3,(H,12,13). The third-order valence-electron chi connectivity index (χ3n) is 1.79. The molecular weight excluding hydrogens is 176 g/mol. The fourth-order valence-corrected chi connectivity index (χ4v) is 1.07. The van der Waals surface area contributed by atoms with Crippen LogP contribution in [0.3, 0.4) is 0 Å². The molecule has 0 aromatic carbocycles. The van der Waals surface area contributed by atoms with E-state index in [2.05, 4.69) is 16.2 Å². The summed E-state index contributed by atoms with van der Waals surface area (Å²) in [6, 6.07) is 3.96. The Labute approximate surface area is 84.5 Å². The van der Waals surface area contributed by atoms with Gasteiger partial charge in [-0.25, -0.2) is 4.98 Å². The van der Waals surface area contributed by atoms with Crippen LogP contribution in [-0.2, 0) is 0 Å². The van der Waals surface area contributed by atoms with Crippen molar-refractivity contribution >= 4 is 5.82 Å². The van der Waals surface area contributed by atoms with E-state index in [1.165, 1.54) is 0 Å². The molecule has 1 aromatic heterocycles. The zero-order valence-corrected chi connectivity index (χ0v) is 8.45. The predicted octanol–water partition coefficient (Wildman–Crippen LogP) is 1.91. The number of pyridine rings is 1. The van der Waals surface area contributed by atoms with Gasteiger partial charge in [-0.1, -0.05) is 0 Å². The summed E-state index contributed by atoms with van der Waals surface area (Å²) >= 11 is 0. The van der Waals surface area contributed by atoms with Crippen molar-refractivity contribution in [3.05, 3.63) is 18.3 Å². The lowest BCUT2D eigenvalue weighted by molar-refractivity contribution is 0.413. The number of nitrogens with one attached hydrogen (secondary N) is 1. The summed E-state index contributed by atoms with van der Waals surface area (Å²) < 4.78 is 5.00. The van der Waals surface area contributed by atoms with Gasteiger partial charge >= 0.3 is 0 Å². The van der Waals surface area contributed by atoms with Crippen molar-refractivity contribution in [3.63, 3.8) is 0 Å². The van der Waals surface area contributed by atoms with Gasteiger partial charge in [0, 0.05) is 12.5 Å². The minimum atomic E-state index is 0.237. The van der Waals surface area contributed by atoms with Gasteiger partial charge in [0.1, 0.15) is 11.6 Å². The Balaban J connectivity index is 2.56. The van der Waals surface area contributed by atoms with Crippen LogP contribution in [0.15, 0.2) is 18.3 Å². The van der Waals surface area contributed by atoms with Crippen LogP contribution in [0.4, 0.5) is 5.82 Å². The molecule has 3 heteroatoms. The van der Waals surface area contributed by atoms with Crippen molar-refractivity contribution in [3.8, 4) is 18.1 Å². The van der Waals surface area contributed by atoms with Gasteiger partial charge in [-0.3, -0.25) is 0 Å². The highest BCUT2D eigenvalue weighted by Crippen LogP contribution is 2.12. The van der Waals surface area contributed by atoms with Gasteiger partial charge in [0.2, 0.25) is 0 Å². The first-order valence-corrected chi connectivity index (χ1v) is 4.46. The van der Waals surface area contributed by atoms with Crippen LogP contribution in [0.25, 0.3) is 0 Å². The number of anilines is 1. The number of nitrogens with zero attached hydrogens (tertiary/aromatic N) is 1. The first-order chi connectivity index (χ1) is 6.76. The Hall–Kier alpha value is -1.69. The largest absolute Gasteiger partial charge is 0.495 e. The van der Waals surface area contributed by atoms with E-state index in [1.807, 2.05) is 19.1 Å². The second kappa shape index (κ2) is 5.13. The monoisotopic (exact) mass is 190 g/mol. The Bertz CT molecular complexity index is 313. The lowest BCUT2D eigenvalue weighted by Gasteiger charge is -2.11. The van der Waals surface area contributed by atoms with E-state index >= 15 is 0 Å². The van der Waals surface area contributed by atoms with Gasteiger partial charge in [-0.2, -0.15) is 0 Å². The molecular formula is C11H14N2O. The van der Waals surface area contributed by atoms with Crippen LogP contribution in [0.2, 0.25) is 0 Å². The SMILES string of the molecule is C#CCC(C)Nc1ccc(OC)cn1. The van der Waals surface area contributed by atoms with Crippen LogP contribution < -0.4 is 10.1 Å². The molecule has 14 heavy (non-hydrogen) atoms. The van der Waals surface area contributed by atoms with Gasteiger partial charge in [0.25, 0.3) is 0 Å². The number of terminal acetylenes is 1. The summed E-state index contributed by atoms with van der Waals surface area (Å²) in [5.74, 6) is 4.16. The van der Waals surface area contributed by atoms with Gasteiger partial charge < -0.3 is 10.1 Å². The summed E-state index contributed by atoms with van der Waals surface area (Å²) in [4.78, 5) is 4.17. The minimum absolute atomic E-state index is 0.237. The summed E-state index contributed by atoms with van der Waals surface area (Å²) in [5, 5.41) is 3.18. The fourth-order valence-electron chi connectivity index (χ4n) is 1.07. The number of ether oxygens (including phenoxy) is 1. The number of aromatic nitrogens is 1. The molecule has 0 saturated heterocycles. The molecule has 0 spiro atoms. The van der Waals surface area contributed by atoms with Gasteiger partial charge in [0.05, 0.1) is 13.3 Å². The highest BCUT2D eigenvalue weighted by atomic mass is 16.5. The van der Waals surface area contributed by atoms with Crippen LogP contribution in [0.1, 0.15) is 13.3 Å². The maximum atomic E-state index is 5.20. The molecule has 0 radical (unpaired) electrons. The molecule has 1 N–H and O–H groups in total. The molecule has 0 amide bonds. The van der Waals surface area contributed by atoms with Crippen molar-refractivity contribution in [1.82, 2.24) is 4.98 Å². The minimum Gasteiger partial charge on any atom is -0.495 e. The van der Waals surface area contributed by atoms with Crippen LogP contribution in [-0.4, -0.2) is 18.1 Å². The van der Waals surface area contributed by atoms with E-state index in [1.54, 1.807) is 13.3 Å². The molecule has 1 atom stereocenters. The Morgan fingerprint density at radius 2 is 2.43 bits per heavy atom. The van der Waals surface area contributed by atoms with Crippen molar-refractivity contribution in [2.24, 2.45) is 0 Å². The third kappa shape index (κ3) is 2.98. The zero-order valence-electron chi connectivity index (χ0n) is 8.45. The molecule has 0 bridgehead atoms. The molecule has 0 saturated carbocycles. The normalized spacial score (nSPS) is 11.5. The number of rotatable bonds is 4. The summed E-state index contributed by atoms with van der Waals surface area (Å²) in [7, 11) is 1.62. The van der Waals surface area contributed by atoms with Crippen LogP contribution in [0.5, 0.6) is 5.75 Å². The second-order valence-corrected chi connectivity index (χ2v) is 3.04. The van der Waals surface area contributed by atoms with Crippen molar-refractivity contribution in [2.75, 3.05) is 12.4 Å². The van der Waals surface area contributed by atoms with Crippen LogP contribution >= 0.6 is 0 Å². The average molecular weight is 190 g/mol. The first-order valence-electron chi connectivity index (χ1n) is 4.46. The lowest BCUT2D eigenvalue weighted by Crippen LogP contribution is -2.14. The third-order valence-corrected chi connectivity index (χ3v) is 1.79. The van der Waals surface area contributed by atoms with E-state index < -0.39 is 0 Å². The molecule has 0 fully saturated rings. The molecule has 74 valence electrons. The Kier molecular flexibility index (Phi) is 3.81. The maximum Gasteiger partial charge on any atom is 0.137 e. The van der Waals surface area contributed by atoms with E-state index in [-0.39, 0.29) is 6.04 Å². The molecule has 1 heterocycles. The summed E-state index contributed by atoms with van der Waals surface area (Å²) in [5.41, 5.74) is 0. The molecule has 1 rings (SSSR count). The van der Waals surface area contributed by atoms with E-state index in [0.29, 0.717) is 6.42 Å². The van der Waals surface area contributed by atoms with Crippen molar-refractivity contribution < 1.29 is 4.74 Å². The number of hydrogen-bond acceptors (Lipinski definition) is 3. The van der Waals surface area contributed by atoms with Crippen LogP contribution in [0, 0.1) is 12.3 Å². The summed E-state index contributed by atoms with van der Waals surface area (Å²) in [6.07, 6.45) is 7.56. The zero-order chi connectivity index (χ0) is 10.4. The predicted molar refractivity (Wildman–Crippen MR) is 57.3 cm³/mol. The van der Waals surface area contributed by atoms with Crippen molar-refractivity contribution in [1.29, 1.82) is 0 Å². The molecule has 1 aromatic rings. The Morgan fingerprint density at radius 3 is 2.93 bits per heavy atom. The Morgan fingerprint density at radius 1 is 1.64 bits per heavy atom. The molecule has 0 aliphatic rings.